The fourth-order valence-corrected chi connectivity index (χ4v) is 1.89. The van der Waals surface area contributed by atoms with Crippen molar-refractivity contribution in [1.29, 1.82) is 0 Å². The predicted molar refractivity (Wildman–Crippen MR) is 78.1 cm³/mol. The number of amidine groups is 1. The number of carbonyl (C=O) groups is 1. The van der Waals surface area contributed by atoms with Gasteiger partial charge in [-0.25, -0.2) is 0 Å². The Hall–Kier alpha value is -1.56. The highest BCUT2D eigenvalue weighted by Gasteiger charge is 2.17. The van der Waals surface area contributed by atoms with E-state index in [1.165, 1.54) is 0 Å². The molecule has 1 atom stereocenters. The topological polar surface area (TPSA) is 78.9 Å². The minimum atomic E-state index is -0.112. The SMILES string of the molecule is CC(CC(N)=NO)N(C)C(=O)Cc1ccc(Br)cc1. The van der Waals surface area contributed by atoms with Gasteiger partial charge in [0.15, 0.2) is 0 Å². The number of nitrogens with zero attached hydrogens (tertiary/aromatic N) is 2. The van der Waals surface area contributed by atoms with E-state index < -0.39 is 0 Å². The summed E-state index contributed by atoms with van der Waals surface area (Å²) in [5.74, 6) is 0.122. The molecule has 0 radical (unpaired) electrons. The summed E-state index contributed by atoms with van der Waals surface area (Å²) in [4.78, 5) is 13.7. The highest BCUT2D eigenvalue weighted by atomic mass is 79.9. The Kier molecular flexibility index (Phi) is 5.82. The molecule has 1 aromatic rings. The zero-order valence-corrected chi connectivity index (χ0v) is 12.6. The molecule has 0 spiro atoms. The Morgan fingerprint density at radius 3 is 2.58 bits per heavy atom. The van der Waals surface area contributed by atoms with E-state index in [2.05, 4.69) is 21.1 Å². The van der Waals surface area contributed by atoms with Crippen LogP contribution in [0.15, 0.2) is 33.9 Å². The smallest absolute Gasteiger partial charge is 0.226 e. The van der Waals surface area contributed by atoms with Crippen LogP contribution < -0.4 is 5.73 Å². The number of rotatable bonds is 5. The molecule has 0 saturated heterocycles. The van der Waals surface area contributed by atoms with Crippen LogP contribution in [0.25, 0.3) is 0 Å². The average Bonchev–Trinajstić information content (AvgIpc) is 2.40. The summed E-state index contributed by atoms with van der Waals surface area (Å²) in [5.41, 5.74) is 6.39. The molecule has 5 nitrogen and oxygen atoms in total. The van der Waals surface area contributed by atoms with Crippen molar-refractivity contribution in [2.24, 2.45) is 10.9 Å². The van der Waals surface area contributed by atoms with Gasteiger partial charge in [-0.2, -0.15) is 0 Å². The van der Waals surface area contributed by atoms with Crippen LogP contribution in [0.2, 0.25) is 0 Å². The Labute approximate surface area is 121 Å². The first-order chi connectivity index (χ1) is 8.93. The van der Waals surface area contributed by atoms with Crippen molar-refractivity contribution in [3.05, 3.63) is 34.3 Å². The van der Waals surface area contributed by atoms with E-state index in [9.17, 15) is 4.79 Å². The second-order valence-corrected chi connectivity index (χ2v) is 5.37. The van der Waals surface area contributed by atoms with Crippen LogP contribution in [0.5, 0.6) is 0 Å². The number of likely N-dealkylation sites (N-methyl/N-ethyl adjacent to an activating group) is 1. The summed E-state index contributed by atoms with van der Waals surface area (Å²) in [5, 5.41) is 11.4. The Morgan fingerprint density at radius 2 is 2.05 bits per heavy atom. The largest absolute Gasteiger partial charge is 0.409 e. The van der Waals surface area contributed by atoms with Crippen LogP contribution in [-0.4, -0.2) is 34.9 Å². The summed E-state index contributed by atoms with van der Waals surface area (Å²) in [6, 6.07) is 7.51. The van der Waals surface area contributed by atoms with E-state index in [-0.39, 0.29) is 17.8 Å². The van der Waals surface area contributed by atoms with Crippen molar-refractivity contribution in [3.8, 4) is 0 Å². The fraction of sp³-hybridized carbons (Fsp3) is 0.385. The van der Waals surface area contributed by atoms with Crippen molar-refractivity contribution in [2.45, 2.75) is 25.8 Å². The molecule has 6 heteroatoms. The summed E-state index contributed by atoms with van der Waals surface area (Å²) < 4.78 is 0.984. The zero-order chi connectivity index (χ0) is 14.4. The molecule has 0 bridgehead atoms. The highest BCUT2D eigenvalue weighted by Crippen LogP contribution is 2.12. The monoisotopic (exact) mass is 327 g/mol. The van der Waals surface area contributed by atoms with Crippen LogP contribution in [-0.2, 0) is 11.2 Å². The van der Waals surface area contributed by atoms with E-state index in [0.717, 1.165) is 10.0 Å². The van der Waals surface area contributed by atoms with Gasteiger partial charge < -0.3 is 15.8 Å². The first-order valence-corrected chi connectivity index (χ1v) is 6.70. The van der Waals surface area contributed by atoms with Gasteiger partial charge in [0.1, 0.15) is 5.84 Å². The van der Waals surface area contributed by atoms with E-state index in [1.807, 2.05) is 31.2 Å². The molecular weight excluding hydrogens is 310 g/mol. The van der Waals surface area contributed by atoms with E-state index in [1.54, 1.807) is 11.9 Å². The Balaban J connectivity index is 2.59. The van der Waals surface area contributed by atoms with Crippen LogP contribution in [0.4, 0.5) is 0 Å². The molecule has 0 saturated carbocycles. The van der Waals surface area contributed by atoms with Crippen molar-refractivity contribution in [1.82, 2.24) is 4.90 Å². The molecule has 0 aliphatic carbocycles. The second-order valence-electron chi connectivity index (χ2n) is 4.45. The van der Waals surface area contributed by atoms with Crippen molar-refractivity contribution < 1.29 is 10.0 Å². The molecule has 104 valence electrons. The van der Waals surface area contributed by atoms with Gasteiger partial charge in [-0.3, -0.25) is 4.79 Å². The van der Waals surface area contributed by atoms with Crippen molar-refractivity contribution in [3.63, 3.8) is 0 Å². The van der Waals surface area contributed by atoms with Crippen LogP contribution in [0.3, 0.4) is 0 Å². The Morgan fingerprint density at radius 1 is 1.47 bits per heavy atom. The van der Waals surface area contributed by atoms with Crippen LogP contribution in [0.1, 0.15) is 18.9 Å². The van der Waals surface area contributed by atoms with Gasteiger partial charge >= 0.3 is 0 Å². The lowest BCUT2D eigenvalue weighted by Crippen LogP contribution is -2.38. The highest BCUT2D eigenvalue weighted by molar-refractivity contribution is 9.10. The van der Waals surface area contributed by atoms with Crippen molar-refractivity contribution >= 4 is 27.7 Å². The molecule has 1 amide bonds. The molecule has 0 aromatic heterocycles. The number of hydrogen-bond acceptors (Lipinski definition) is 3. The first-order valence-electron chi connectivity index (χ1n) is 5.90. The lowest BCUT2D eigenvalue weighted by molar-refractivity contribution is -0.130. The lowest BCUT2D eigenvalue weighted by Gasteiger charge is -2.24. The maximum atomic E-state index is 12.1. The third kappa shape index (κ3) is 4.90. The summed E-state index contributed by atoms with van der Waals surface area (Å²) in [6.07, 6.45) is 0.684. The third-order valence-corrected chi connectivity index (χ3v) is 3.48. The number of halogens is 1. The third-order valence-electron chi connectivity index (χ3n) is 2.96. The summed E-state index contributed by atoms with van der Waals surface area (Å²) in [6.45, 7) is 1.86. The second kappa shape index (κ2) is 7.13. The number of carbonyl (C=O) groups excluding carboxylic acids is 1. The van der Waals surface area contributed by atoms with Gasteiger partial charge in [-0.1, -0.05) is 33.2 Å². The number of amides is 1. The molecule has 1 unspecified atom stereocenters. The standard InChI is InChI=1S/C13H18BrN3O2/c1-9(7-12(15)16-19)17(2)13(18)8-10-3-5-11(14)6-4-10/h3-6,9,19H,7-8H2,1-2H3,(H2,15,16). The first kappa shape index (κ1) is 15.5. The molecule has 3 N–H and O–H groups in total. The van der Waals surface area contributed by atoms with Gasteiger partial charge in [-0.15, -0.1) is 0 Å². The van der Waals surface area contributed by atoms with E-state index in [0.29, 0.717) is 12.8 Å². The number of benzene rings is 1. The number of oxime groups is 1. The normalized spacial score (nSPS) is 13.1. The van der Waals surface area contributed by atoms with Gasteiger partial charge in [0, 0.05) is 24.0 Å². The molecule has 1 rings (SSSR count). The van der Waals surface area contributed by atoms with Gasteiger partial charge in [0.2, 0.25) is 5.91 Å². The lowest BCUT2D eigenvalue weighted by atomic mass is 10.1. The predicted octanol–water partition coefficient (Wildman–Crippen LogP) is 1.97. The quantitative estimate of drug-likeness (QED) is 0.375. The van der Waals surface area contributed by atoms with Gasteiger partial charge in [0.05, 0.1) is 6.42 Å². The zero-order valence-electron chi connectivity index (χ0n) is 11.0. The van der Waals surface area contributed by atoms with E-state index >= 15 is 0 Å². The fourth-order valence-electron chi connectivity index (χ4n) is 1.63. The molecule has 0 fully saturated rings. The molecule has 19 heavy (non-hydrogen) atoms. The molecule has 1 aromatic carbocycles. The minimum absolute atomic E-state index is 0.000521. The van der Waals surface area contributed by atoms with Crippen molar-refractivity contribution in [2.75, 3.05) is 7.05 Å². The van der Waals surface area contributed by atoms with E-state index in [4.69, 9.17) is 10.9 Å². The van der Waals surface area contributed by atoms with Crippen LogP contribution in [0, 0.1) is 0 Å². The van der Waals surface area contributed by atoms with Gasteiger partial charge in [0.25, 0.3) is 0 Å². The number of nitrogens with two attached hydrogens (primary N) is 1. The molecule has 0 aliphatic heterocycles. The molecule has 0 heterocycles. The average molecular weight is 328 g/mol. The maximum absolute atomic E-state index is 12.1. The van der Waals surface area contributed by atoms with Gasteiger partial charge in [-0.05, 0) is 24.6 Å². The molecule has 0 aliphatic rings. The minimum Gasteiger partial charge on any atom is -0.409 e. The summed E-state index contributed by atoms with van der Waals surface area (Å²) >= 11 is 3.35. The van der Waals surface area contributed by atoms with Crippen LogP contribution >= 0.6 is 15.9 Å². The summed E-state index contributed by atoms with van der Waals surface area (Å²) in [7, 11) is 1.72. The Bertz CT molecular complexity index is 459. The maximum Gasteiger partial charge on any atom is 0.226 e. The number of hydrogen-bond donors (Lipinski definition) is 2. The molecular formula is C13H18BrN3O2.